The van der Waals surface area contributed by atoms with Gasteiger partial charge in [0.05, 0.1) is 4.92 Å². The lowest BCUT2D eigenvalue weighted by Crippen LogP contribution is -2.50. The van der Waals surface area contributed by atoms with E-state index in [1.54, 1.807) is 12.1 Å². The van der Waals surface area contributed by atoms with E-state index in [1.165, 1.54) is 0 Å². The van der Waals surface area contributed by atoms with Crippen LogP contribution in [0.5, 0.6) is 0 Å². The quantitative estimate of drug-likeness (QED) is 0.613. The Morgan fingerprint density at radius 2 is 2.00 bits per heavy atom. The highest BCUT2D eigenvalue weighted by molar-refractivity contribution is 5.32. The fraction of sp³-hybridized carbons (Fsp3) is 0.571. The van der Waals surface area contributed by atoms with Crippen LogP contribution in [0, 0.1) is 10.1 Å². The summed E-state index contributed by atoms with van der Waals surface area (Å²) in [5.74, 6) is 0. The molecule has 1 heterocycles. The molecular formula is C14H21N3O2. The van der Waals surface area contributed by atoms with Crippen molar-refractivity contribution in [3.8, 4) is 0 Å². The summed E-state index contributed by atoms with van der Waals surface area (Å²) in [4.78, 5) is 15.1. The van der Waals surface area contributed by atoms with E-state index in [-0.39, 0.29) is 10.6 Å². The summed E-state index contributed by atoms with van der Waals surface area (Å²) < 4.78 is 0. The molecule has 0 aromatic heterocycles. The van der Waals surface area contributed by atoms with E-state index in [9.17, 15) is 10.1 Å². The number of piperazine rings is 1. The number of likely N-dealkylation sites (N-methyl/N-ethyl adjacent to an activating group) is 1. The van der Waals surface area contributed by atoms with Crippen molar-refractivity contribution in [3.63, 3.8) is 0 Å². The monoisotopic (exact) mass is 263 g/mol. The average molecular weight is 263 g/mol. The van der Waals surface area contributed by atoms with Crippen LogP contribution in [0.4, 0.5) is 5.69 Å². The molecule has 1 aromatic carbocycles. The standard InChI is InChI=1S/C14H21N3O2/c1-12-11-15(2)9-10-16(12)8-7-13-3-5-14(6-4-13)17(18)19/h3-6,12H,7-11H2,1-2H3. The minimum Gasteiger partial charge on any atom is -0.304 e. The Morgan fingerprint density at radius 1 is 1.32 bits per heavy atom. The Hall–Kier alpha value is -1.46. The number of non-ortho nitro benzene ring substituents is 1. The van der Waals surface area contributed by atoms with Gasteiger partial charge in [-0.05, 0) is 26.0 Å². The minimum atomic E-state index is -0.355. The first-order valence-corrected chi connectivity index (χ1v) is 6.72. The number of rotatable bonds is 4. The van der Waals surface area contributed by atoms with Crippen molar-refractivity contribution in [1.82, 2.24) is 9.80 Å². The Morgan fingerprint density at radius 3 is 2.58 bits per heavy atom. The van der Waals surface area contributed by atoms with Gasteiger partial charge in [0.1, 0.15) is 0 Å². The third kappa shape index (κ3) is 3.75. The summed E-state index contributed by atoms with van der Waals surface area (Å²) in [6, 6.07) is 7.47. The van der Waals surface area contributed by atoms with Crippen molar-refractivity contribution in [2.75, 3.05) is 33.2 Å². The van der Waals surface area contributed by atoms with Crippen LogP contribution in [0.1, 0.15) is 12.5 Å². The van der Waals surface area contributed by atoms with Crippen molar-refractivity contribution < 1.29 is 4.92 Å². The normalized spacial score (nSPS) is 21.5. The summed E-state index contributed by atoms with van der Waals surface area (Å²) in [7, 11) is 2.16. The number of benzene rings is 1. The molecule has 1 unspecified atom stereocenters. The molecule has 0 saturated carbocycles. The predicted octanol–water partition coefficient (Wildman–Crippen LogP) is 1.77. The molecular weight excluding hydrogens is 242 g/mol. The molecule has 0 amide bonds. The Kier molecular flexibility index (Phi) is 4.50. The van der Waals surface area contributed by atoms with E-state index in [2.05, 4.69) is 23.8 Å². The van der Waals surface area contributed by atoms with Crippen LogP contribution in [-0.4, -0.2) is 54.0 Å². The van der Waals surface area contributed by atoms with Crippen LogP contribution >= 0.6 is 0 Å². The highest BCUT2D eigenvalue weighted by Crippen LogP contribution is 2.14. The van der Waals surface area contributed by atoms with Gasteiger partial charge in [-0.2, -0.15) is 0 Å². The molecule has 1 aromatic rings. The zero-order valence-corrected chi connectivity index (χ0v) is 11.6. The van der Waals surface area contributed by atoms with Gasteiger partial charge in [-0.3, -0.25) is 15.0 Å². The topological polar surface area (TPSA) is 49.6 Å². The van der Waals surface area contributed by atoms with Crippen LogP contribution < -0.4 is 0 Å². The number of hydrogen-bond donors (Lipinski definition) is 0. The van der Waals surface area contributed by atoms with Crippen molar-refractivity contribution >= 4 is 5.69 Å². The molecule has 19 heavy (non-hydrogen) atoms. The van der Waals surface area contributed by atoms with Gasteiger partial charge in [0.15, 0.2) is 0 Å². The summed E-state index contributed by atoms with van der Waals surface area (Å²) >= 11 is 0. The molecule has 104 valence electrons. The summed E-state index contributed by atoms with van der Waals surface area (Å²) in [6.07, 6.45) is 0.950. The zero-order chi connectivity index (χ0) is 13.8. The first-order valence-electron chi connectivity index (χ1n) is 6.72. The van der Waals surface area contributed by atoms with Crippen LogP contribution in [-0.2, 0) is 6.42 Å². The van der Waals surface area contributed by atoms with Crippen molar-refractivity contribution in [3.05, 3.63) is 39.9 Å². The summed E-state index contributed by atoms with van der Waals surface area (Å²) in [5, 5.41) is 10.6. The molecule has 1 aliphatic heterocycles. The molecule has 0 N–H and O–H groups in total. The highest BCUT2D eigenvalue weighted by atomic mass is 16.6. The van der Waals surface area contributed by atoms with Gasteiger partial charge in [-0.15, -0.1) is 0 Å². The lowest BCUT2D eigenvalue weighted by molar-refractivity contribution is -0.384. The molecule has 1 fully saturated rings. The number of hydrogen-bond acceptors (Lipinski definition) is 4. The number of nitro groups is 1. The van der Waals surface area contributed by atoms with Crippen molar-refractivity contribution in [2.45, 2.75) is 19.4 Å². The highest BCUT2D eigenvalue weighted by Gasteiger charge is 2.20. The second-order valence-electron chi connectivity index (χ2n) is 5.32. The maximum absolute atomic E-state index is 10.6. The molecule has 5 nitrogen and oxygen atoms in total. The van der Waals surface area contributed by atoms with Gasteiger partial charge in [-0.1, -0.05) is 12.1 Å². The molecule has 5 heteroatoms. The predicted molar refractivity (Wildman–Crippen MR) is 75.3 cm³/mol. The Balaban J connectivity index is 1.86. The SMILES string of the molecule is CC1CN(C)CCN1CCc1ccc([N+](=O)[O-])cc1. The smallest absolute Gasteiger partial charge is 0.269 e. The largest absolute Gasteiger partial charge is 0.304 e. The summed E-state index contributed by atoms with van der Waals surface area (Å²) in [6.45, 7) is 6.60. The Labute approximate surface area is 114 Å². The van der Waals surface area contributed by atoms with Crippen LogP contribution in [0.2, 0.25) is 0 Å². The third-order valence-corrected chi connectivity index (χ3v) is 3.80. The van der Waals surface area contributed by atoms with E-state index in [4.69, 9.17) is 0 Å². The van der Waals surface area contributed by atoms with Gasteiger partial charge >= 0.3 is 0 Å². The van der Waals surface area contributed by atoms with Crippen LogP contribution in [0.15, 0.2) is 24.3 Å². The molecule has 1 aliphatic rings. The molecule has 0 radical (unpaired) electrons. The maximum atomic E-state index is 10.6. The van der Waals surface area contributed by atoms with E-state index in [0.717, 1.165) is 38.2 Å². The van der Waals surface area contributed by atoms with E-state index < -0.39 is 0 Å². The van der Waals surface area contributed by atoms with Crippen molar-refractivity contribution in [2.24, 2.45) is 0 Å². The van der Waals surface area contributed by atoms with E-state index in [0.29, 0.717) is 6.04 Å². The lowest BCUT2D eigenvalue weighted by atomic mass is 10.1. The molecule has 1 saturated heterocycles. The molecule has 0 aliphatic carbocycles. The summed E-state index contributed by atoms with van der Waals surface area (Å²) in [5.41, 5.74) is 1.33. The average Bonchev–Trinajstić information content (AvgIpc) is 2.38. The fourth-order valence-electron chi connectivity index (χ4n) is 2.57. The van der Waals surface area contributed by atoms with E-state index in [1.807, 2.05) is 12.1 Å². The number of nitrogens with zero attached hydrogens (tertiary/aromatic N) is 3. The van der Waals surface area contributed by atoms with Gasteiger partial charge in [-0.25, -0.2) is 0 Å². The van der Waals surface area contributed by atoms with Gasteiger partial charge in [0.2, 0.25) is 0 Å². The van der Waals surface area contributed by atoms with Crippen LogP contribution in [0.3, 0.4) is 0 Å². The Bertz CT molecular complexity index is 433. The van der Waals surface area contributed by atoms with Gasteiger partial charge < -0.3 is 4.90 Å². The fourth-order valence-corrected chi connectivity index (χ4v) is 2.57. The maximum Gasteiger partial charge on any atom is 0.269 e. The first-order chi connectivity index (χ1) is 9.06. The first kappa shape index (κ1) is 14.0. The minimum absolute atomic E-state index is 0.164. The second-order valence-corrected chi connectivity index (χ2v) is 5.32. The second kappa shape index (κ2) is 6.12. The molecule has 0 spiro atoms. The van der Waals surface area contributed by atoms with E-state index >= 15 is 0 Å². The molecule has 0 bridgehead atoms. The van der Waals surface area contributed by atoms with Gasteiger partial charge in [0.25, 0.3) is 5.69 Å². The lowest BCUT2D eigenvalue weighted by Gasteiger charge is -2.38. The van der Waals surface area contributed by atoms with Crippen LogP contribution in [0.25, 0.3) is 0 Å². The zero-order valence-electron chi connectivity index (χ0n) is 11.6. The molecule has 1 atom stereocenters. The third-order valence-electron chi connectivity index (χ3n) is 3.80. The van der Waals surface area contributed by atoms with Gasteiger partial charge in [0, 0.05) is 44.4 Å². The number of nitro benzene ring substituents is 1. The van der Waals surface area contributed by atoms with Crippen molar-refractivity contribution in [1.29, 1.82) is 0 Å². The molecule has 2 rings (SSSR count).